The van der Waals surface area contributed by atoms with Gasteiger partial charge in [0.2, 0.25) is 11.6 Å². The molecule has 3 rings (SSSR count). The monoisotopic (exact) mass is 369 g/mol. The van der Waals surface area contributed by atoms with Crippen LogP contribution < -0.4 is 15.1 Å². The largest absolute Gasteiger partial charge is 0.538 e. The number of aryl methyl sites for hydroxylation is 2. The Labute approximate surface area is 155 Å². The maximum Gasteiger partial charge on any atom is 0.298 e. The number of nitrogens with zero attached hydrogens (tertiary/aromatic N) is 2. The maximum absolute atomic E-state index is 12.6. The van der Waals surface area contributed by atoms with Crippen molar-refractivity contribution in [2.75, 3.05) is 5.32 Å². The van der Waals surface area contributed by atoms with E-state index in [-0.39, 0.29) is 10.9 Å². The summed E-state index contributed by atoms with van der Waals surface area (Å²) in [5.41, 5.74) is 3.51. The van der Waals surface area contributed by atoms with Gasteiger partial charge < -0.3 is 14.9 Å². The second kappa shape index (κ2) is 7.61. The molecule has 1 unspecified atom stereocenters. The van der Waals surface area contributed by atoms with Gasteiger partial charge in [0.1, 0.15) is 0 Å². The van der Waals surface area contributed by atoms with E-state index < -0.39 is 11.2 Å². The third-order valence-electron chi connectivity index (χ3n) is 3.88. The maximum atomic E-state index is 12.6. The van der Waals surface area contributed by atoms with Crippen LogP contribution in [0.5, 0.6) is 5.95 Å². The molecule has 0 aliphatic heterocycles. The molecule has 1 atom stereocenters. The second-order valence-corrected chi connectivity index (χ2v) is 7.31. The van der Waals surface area contributed by atoms with Gasteiger partial charge in [-0.1, -0.05) is 30.3 Å². The fourth-order valence-electron chi connectivity index (χ4n) is 2.40. The Morgan fingerprint density at radius 3 is 2.69 bits per heavy atom. The Balaban J connectivity index is 1.78. The molecule has 3 aromatic rings. The zero-order chi connectivity index (χ0) is 18.7. The lowest BCUT2D eigenvalue weighted by Crippen LogP contribution is -2.36. The van der Waals surface area contributed by atoms with Crippen molar-refractivity contribution in [3.8, 4) is 11.6 Å². The number of hydrogen-bond acceptors (Lipinski definition) is 5. The number of anilines is 1. The van der Waals surface area contributed by atoms with Crippen LogP contribution in [0, 0.1) is 13.8 Å². The highest BCUT2D eigenvalue weighted by molar-refractivity contribution is 8.00. The van der Waals surface area contributed by atoms with Crippen molar-refractivity contribution in [1.82, 2.24) is 5.27 Å². The van der Waals surface area contributed by atoms with E-state index in [1.54, 1.807) is 6.92 Å². The number of thioether (sulfide) groups is 1. The molecule has 2 aromatic carbocycles. The number of carbonyl (C=O) groups excluding carboxylic acids is 1. The molecule has 0 aliphatic rings. The van der Waals surface area contributed by atoms with Gasteiger partial charge in [-0.15, -0.1) is 0 Å². The minimum atomic E-state index is -0.565. The lowest BCUT2D eigenvalue weighted by atomic mass is 10.1. The van der Waals surface area contributed by atoms with Gasteiger partial charge in [0, 0.05) is 17.8 Å². The molecule has 1 amide bonds. The highest BCUT2D eigenvalue weighted by Crippen LogP contribution is 2.28. The molecular formula is C19H19N3O3S. The number of para-hydroxylation sites is 1. The van der Waals surface area contributed by atoms with Gasteiger partial charge in [0.05, 0.1) is 10.5 Å². The summed E-state index contributed by atoms with van der Waals surface area (Å²) in [7, 11) is 0. The highest BCUT2D eigenvalue weighted by Gasteiger charge is 2.26. The number of hydrogen-bond donors (Lipinski definition) is 1. The van der Waals surface area contributed by atoms with Crippen molar-refractivity contribution in [3.05, 3.63) is 59.7 Å². The summed E-state index contributed by atoms with van der Waals surface area (Å²) in [6.07, 6.45) is 0. The summed E-state index contributed by atoms with van der Waals surface area (Å²) < 4.78 is 6.20. The standard InChI is InChI=1S/C19H19N3O3S/c1-12-9-10-13(2)16(11-12)20-17(23)14(3)26-18-19(24)25-21-22(18)15-7-5-4-6-8-15/h4-11,14H,1-3H3,(H-,20,21,23,24). The average molecular weight is 369 g/mol. The SMILES string of the molecule is Cc1ccc(C)c(NC(=O)C(C)Sc2c([O-])on[n+]2-c2ccccc2)c1. The zero-order valence-corrected chi connectivity index (χ0v) is 15.5. The topological polar surface area (TPSA) is 82.1 Å². The summed E-state index contributed by atoms with van der Waals surface area (Å²) in [4.78, 5) is 12.6. The van der Waals surface area contributed by atoms with Crippen molar-refractivity contribution in [2.45, 2.75) is 31.0 Å². The van der Waals surface area contributed by atoms with E-state index in [0.29, 0.717) is 5.69 Å². The molecule has 0 aliphatic carbocycles. The number of nitrogens with one attached hydrogen (secondary N) is 1. The van der Waals surface area contributed by atoms with Crippen LogP contribution in [0.15, 0.2) is 58.1 Å². The van der Waals surface area contributed by atoms with Gasteiger partial charge in [0.25, 0.3) is 5.03 Å². The van der Waals surface area contributed by atoms with Crippen molar-refractivity contribution < 1.29 is 19.1 Å². The van der Waals surface area contributed by atoms with Crippen molar-refractivity contribution in [3.63, 3.8) is 0 Å². The average Bonchev–Trinajstić information content (AvgIpc) is 2.99. The molecule has 134 valence electrons. The van der Waals surface area contributed by atoms with E-state index in [2.05, 4.69) is 10.6 Å². The molecule has 7 heteroatoms. The van der Waals surface area contributed by atoms with E-state index >= 15 is 0 Å². The van der Waals surface area contributed by atoms with Crippen LogP contribution in [0.3, 0.4) is 0 Å². The Morgan fingerprint density at radius 2 is 1.96 bits per heavy atom. The fraction of sp³-hybridized carbons (Fsp3) is 0.211. The smallest absolute Gasteiger partial charge is 0.298 e. The van der Waals surface area contributed by atoms with Crippen molar-refractivity contribution in [1.29, 1.82) is 0 Å². The third kappa shape index (κ3) is 3.88. The summed E-state index contributed by atoms with van der Waals surface area (Å²) in [6.45, 7) is 5.65. The third-order valence-corrected chi connectivity index (χ3v) is 5.01. The van der Waals surface area contributed by atoms with Gasteiger partial charge >= 0.3 is 0 Å². The molecule has 0 radical (unpaired) electrons. The van der Waals surface area contributed by atoms with Crippen LogP contribution in [0.25, 0.3) is 5.69 Å². The van der Waals surface area contributed by atoms with Crippen LogP contribution in [-0.4, -0.2) is 16.4 Å². The molecule has 0 bridgehead atoms. The first-order valence-electron chi connectivity index (χ1n) is 8.15. The van der Waals surface area contributed by atoms with E-state index in [1.165, 1.54) is 4.68 Å². The first-order chi connectivity index (χ1) is 12.5. The Hall–Kier alpha value is -2.80. The molecule has 0 spiro atoms. The molecule has 26 heavy (non-hydrogen) atoms. The number of rotatable bonds is 5. The Kier molecular flexibility index (Phi) is 5.27. The van der Waals surface area contributed by atoms with Crippen LogP contribution >= 0.6 is 11.8 Å². The highest BCUT2D eigenvalue weighted by atomic mass is 32.2. The predicted molar refractivity (Wildman–Crippen MR) is 97.3 cm³/mol. The van der Waals surface area contributed by atoms with E-state index in [9.17, 15) is 9.90 Å². The molecule has 1 N–H and O–H groups in total. The van der Waals surface area contributed by atoms with Crippen LogP contribution in [-0.2, 0) is 4.79 Å². The summed E-state index contributed by atoms with van der Waals surface area (Å²) in [6, 6.07) is 15.1. The van der Waals surface area contributed by atoms with Crippen LogP contribution in [0.2, 0.25) is 0 Å². The first kappa shape index (κ1) is 18.0. The number of carbonyl (C=O) groups is 1. The first-order valence-corrected chi connectivity index (χ1v) is 9.03. The van der Waals surface area contributed by atoms with Crippen LogP contribution in [0.1, 0.15) is 18.1 Å². The number of benzene rings is 2. The molecule has 1 aromatic heterocycles. The van der Waals surface area contributed by atoms with E-state index in [4.69, 9.17) is 4.52 Å². The lowest BCUT2D eigenvalue weighted by Gasteiger charge is -2.13. The van der Waals surface area contributed by atoms with Crippen molar-refractivity contribution >= 4 is 23.4 Å². The fourth-order valence-corrected chi connectivity index (χ4v) is 3.27. The number of amides is 1. The molecule has 6 nitrogen and oxygen atoms in total. The Bertz CT molecular complexity index is 925. The summed E-state index contributed by atoms with van der Waals surface area (Å²) in [5, 5.41) is 18.5. The van der Waals surface area contributed by atoms with Gasteiger partial charge in [-0.05, 0) is 54.4 Å². The lowest BCUT2D eigenvalue weighted by molar-refractivity contribution is -0.705. The van der Waals surface area contributed by atoms with Gasteiger partial charge in [-0.2, -0.15) is 0 Å². The molecule has 1 heterocycles. The minimum Gasteiger partial charge on any atom is -0.538 e. The van der Waals surface area contributed by atoms with Gasteiger partial charge in [-0.3, -0.25) is 4.79 Å². The zero-order valence-electron chi connectivity index (χ0n) is 14.7. The summed E-state index contributed by atoms with van der Waals surface area (Å²) in [5.74, 6) is -0.755. The quantitative estimate of drug-likeness (QED) is 0.552. The minimum absolute atomic E-state index is 0.191. The predicted octanol–water partition coefficient (Wildman–Crippen LogP) is 2.76. The molecule has 0 saturated heterocycles. The molecular weight excluding hydrogens is 350 g/mol. The normalized spacial score (nSPS) is 12.0. The molecule has 0 saturated carbocycles. The van der Waals surface area contributed by atoms with Crippen LogP contribution in [0.4, 0.5) is 5.69 Å². The van der Waals surface area contributed by atoms with Crippen molar-refractivity contribution in [2.24, 2.45) is 0 Å². The Morgan fingerprint density at radius 1 is 1.23 bits per heavy atom. The van der Waals surface area contributed by atoms with Gasteiger partial charge in [0.15, 0.2) is 5.95 Å². The van der Waals surface area contributed by atoms with Gasteiger partial charge in [-0.25, -0.2) is 0 Å². The number of aromatic nitrogens is 2. The van der Waals surface area contributed by atoms with E-state index in [0.717, 1.165) is 28.6 Å². The summed E-state index contributed by atoms with van der Waals surface area (Å²) >= 11 is 1.12. The van der Waals surface area contributed by atoms with E-state index in [1.807, 2.05) is 62.4 Å². The molecule has 0 fully saturated rings. The second-order valence-electron chi connectivity index (χ2n) is 5.98.